The zero-order valence-corrected chi connectivity index (χ0v) is 41.4. The number of fused-ring (bicyclic) bond motifs is 7. The SMILES string of the molecule is CCCCc1c(N2c3ccc(-c4ccccc4)cc3B3c4cc(-c5ccccc5)ccc4N(c4c(-c5ccccc5)cccc4-c4ccccc4)c4cc(C(C)(C)C)cc2c43)ccc2c1oc1ccccc12. The summed E-state index contributed by atoms with van der Waals surface area (Å²) in [6.45, 7) is 9.27. The maximum Gasteiger partial charge on any atom is 0.252 e. The molecule has 2 aliphatic rings. The Kier molecular flexibility index (Phi) is 10.6. The minimum atomic E-state index is -0.192. The molecule has 0 amide bonds. The van der Waals surface area contributed by atoms with Gasteiger partial charge in [0.25, 0.3) is 6.71 Å². The smallest absolute Gasteiger partial charge is 0.252 e. The fourth-order valence-corrected chi connectivity index (χ4v) is 11.7. The quantitative estimate of drug-likeness (QED) is 0.135. The van der Waals surface area contributed by atoms with Crippen LogP contribution in [0.25, 0.3) is 66.4 Å². The number of rotatable bonds is 9. The van der Waals surface area contributed by atoms with Crippen molar-refractivity contribution in [2.24, 2.45) is 0 Å². The fourth-order valence-electron chi connectivity index (χ4n) is 11.7. The zero-order chi connectivity index (χ0) is 48.5. The molecule has 0 atom stereocenters. The van der Waals surface area contributed by atoms with E-state index in [2.05, 4.69) is 262 Å². The molecule has 0 saturated heterocycles. The molecule has 0 saturated carbocycles. The molecule has 0 spiro atoms. The number of unbranched alkanes of at least 4 members (excludes halogenated alkanes) is 1. The molecule has 0 bridgehead atoms. The van der Waals surface area contributed by atoms with Crippen molar-refractivity contribution in [3.8, 4) is 44.5 Å². The minimum absolute atomic E-state index is 0.105. The summed E-state index contributed by atoms with van der Waals surface area (Å²) in [6.07, 6.45) is 3.01. The predicted octanol–water partition coefficient (Wildman–Crippen LogP) is 17.0. The van der Waals surface area contributed by atoms with E-state index in [1.165, 1.54) is 106 Å². The Morgan fingerprint density at radius 2 is 0.931 bits per heavy atom. The fraction of sp³-hybridized carbons (Fsp3) is 0.118. The third-order valence-electron chi connectivity index (χ3n) is 15.2. The van der Waals surface area contributed by atoms with E-state index in [1.54, 1.807) is 0 Å². The van der Waals surface area contributed by atoms with E-state index >= 15 is 0 Å². The molecule has 10 aromatic carbocycles. The van der Waals surface area contributed by atoms with Crippen LogP contribution in [0.1, 0.15) is 51.7 Å². The Bertz CT molecular complexity index is 3780. The van der Waals surface area contributed by atoms with Crippen molar-refractivity contribution in [2.75, 3.05) is 9.80 Å². The first kappa shape index (κ1) is 43.7. The number of furan rings is 1. The maximum atomic E-state index is 6.97. The van der Waals surface area contributed by atoms with E-state index in [4.69, 9.17) is 4.42 Å². The Morgan fingerprint density at radius 1 is 0.431 bits per heavy atom. The summed E-state index contributed by atoms with van der Waals surface area (Å²) >= 11 is 0. The van der Waals surface area contributed by atoms with Crippen LogP contribution in [-0.4, -0.2) is 6.71 Å². The van der Waals surface area contributed by atoms with Crippen LogP contribution in [0.2, 0.25) is 0 Å². The third-order valence-corrected chi connectivity index (χ3v) is 15.2. The van der Waals surface area contributed by atoms with E-state index in [9.17, 15) is 0 Å². The molecule has 4 heteroatoms. The maximum absolute atomic E-state index is 6.97. The van der Waals surface area contributed by atoms with Gasteiger partial charge in [0.05, 0.1) is 11.4 Å². The van der Waals surface area contributed by atoms with Gasteiger partial charge < -0.3 is 14.2 Å². The molecule has 0 aliphatic carbocycles. The van der Waals surface area contributed by atoms with Crippen molar-refractivity contribution in [1.29, 1.82) is 0 Å². The molecule has 0 unspecified atom stereocenters. The molecular formula is C68H55BN2O. The molecule has 0 radical (unpaired) electrons. The van der Waals surface area contributed by atoms with Gasteiger partial charge in [-0.3, -0.25) is 0 Å². The standard InChI is InChI=1S/C68H55BN2O/c1-5-6-30-56-59(40-37-55-54-31-19-20-34-64(54)72-67(55)56)70-60-38-35-49(45-22-11-7-12-23-45)41-57(60)69-58-42-50(46-24-13-8-14-25-46)36-39-61(58)71(63-44-51(68(2,3)4)43-62(70)65(63)69)66-52(47-26-15-9-16-27-47)32-21-33-53(66)48-28-17-10-18-29-48/h7-29,31-44H,5-6,30H2,1-4H3. The van der Waals surface area contributed by atoms with Crippen LogP contribution in [0.3, 0.4) is 0 Å². The second-order valence-corrected chi connectivity index (χ2v) is 20.6. The van der Waals surface area contributed by atoms with Crippen LogP contribution in [0, 0.1) is 0 Å². The Morgan fingerprint density at radius 3 is 1.49 bits per heavy atom. The van der Waals surface area contributed by atoms with Gasteiger partial charge in [0.1, 0.15) is 11.2 Å². The molecule has 72 heavy (non-hydrogen) atoms. The molecule has 1 aromatic heterocycles. The average Bonchev–Trinajstić information content (AvgIpc) is 3.82. The molecule has 11 aromatic rings. The lowest BCUT2D eigenvalue weighted by Crippen LogP contribution is -2.61. The molecular weight excluding hydrogens is 872 g/mol. The van der Waals surface area contributed by atoms with Gasteiger partial charge in [-0.2, -0.15) is 0 Å². The van der Waals surface area contributed by atoms with E-state index in [1.807, 2.05) is 0 Å². The van der Waals surface area contributed by atoms with Gasteiger partial charge in [0.2, 0.25) is 0 Å². The molecule has 3 nitrogen and oxygen atoms in total. The number of aryl methyl sites for hydroxylation is 1. The summed E-state index contributed by atoms with van der Waals surface area (Å²) in [5, 5.41) is 2.32. The molecule has 3 heterocycles. The lowest BCUT2D eigenvalue weighted by Gasteiger charge is -2.46. The number of nitrogens with zero attached hydrogens (tertiary/aromatic N) is 2. The largest absolute Gasteiger partial charge is 0.456 e. The van der Waals surface area contributed by atoms with Crippen LogP contribution in [-0.2, 0) is 11.8 Å². The summed E-state index contributed by atoms with van der Waals surface area (Å²) in [4.78, 5) is 5.27. The highest BCUT2D eigenvalue weighted by atomic mass is 16.3. The first-order chi connectivity index (χ1) is 35.3. The average molecular weight is 927 g/mol. The minimum Gasteiger partial charge on any atom is -0.456 e. The summed E-state index contributed by atoms with van der Waals surface area (Å²) in [5.74, 6) is 0. The van der Waals surface area contributed by atoms with Crippen molar-refractivity contribution in [2.45, 2.75) is 52.4 Å². The van der Waals surface area contributed by atoms with Crippen LogP contribution in [0.5, 0.6) is 0 Å². The summed E-state index contributed by atoms with van der Waals surface area (Å²) in [5.41, 5.74) is 24.7. The van der Waals surface area contributed by atoms with Crippen molar-refractivity contribution < 1.29 is 4.42 Å². The van der Waals surface area contributed by atoms with Gasteiger partial charge in [0.15, 0.2) is 0 Å². The molecule has 0 fully saturated rings. The number of hydrogen-bond donors (Lipinski definition) is 0. The molecule has 0 N–H and O–H groups in total. The Hall–Kier alpha value is -8.34. The highest BCUT2D eigenvalue weighted by Crippen LogP contribution is 2.52. The van der Waals surface area contributed by atoms with Gasteiger partial charge in [-0.25, -0.2) is 0 Å². The monoisotopic (exact) mass is 926 g/mol. The van der Waals surface area contributed by atoms with Gasteiger partial charge in [0, 0.05) is 50.2 Å². The normalized spacial score (nSPS) is 12.8. The molecule has 346 valence electrons. The van der Waals surface area contributed by atoms with Crippen molar-refractivity contribution >= 4 is 79.2 Å². The summed E-state index contributed by atoms with van der Waals surface area (Å²) in [7, 11) is 0. The highest BCUT2D eigenvalue weighted by Gasteiger charge is 2.45. The second kappa shape index (κ2) is 17.5. The Balaban J connectivity index is 1.19. The summed E-state index contributed by atoms with van der Waals surface area (Å²) < 4.78 is 6.97. The van der Waals surface area contributed by atoms with E-state index in [0.717, 1.165) is 41.5 Å². The molecule has 13 rings (SSSR count). The lowest BCUT2D eigenvalue weighted by atomic mass is 9.33. The number of para-hydroxylation sites is 2. The van der Waals surface area contributed by atoms with Gasteiger partial charge in [-0.1, -0.05) is 216 Å². The van der Waals surface area contributed by atoms with Crippen LogP contribution >= 0.6 is 0 Å². The number of hydrogen-bond acceptors (Lipinski definition) is 3. The predicted molar refractivity (Wildman–Crippen MR) is 307 cm³/mol. The van der Waals surface area contributed by atoms with Crippen LogP contribution < -0.4 is 26.2 Å². The van der Waals surface area contributed by atoms with E-state index in [-0.39, 0.29) is 12.1 Å². The number of benzene rings is 10. The summed E-state index contributed by atoms with van der Waals surface area (Å²) in [6, 6.07) is 83.4. The third kappa shape index (κ3) is 7.19. The van der Waals surface area contributed by atoms with Crippen molar-refractivity contribution in [1.82, 2.24) is 0 Å². The highest BCUT2D eigenvalue weighted by molar-refractivity contribution is 7.00. The first-order valence-corrected chi connectivity index (χ1v) is 25.7. The van der Waals surface area contributed by atoms with Crippen molar-refractivity contribution in [3.05, 3.63) is 236 Å². The zero-order valence-electron chi connectivity index (χ0n) is 41.4. The first-order valence-electron chi connectivity index (χ1n) is 25.7. The number of anilines is 6. The molecule has 2 aliphatic heterocycles. The van der Waals surface area contributed by atoms with E-state index < -0.39 is 0 Å². The Labute approximate surface area is 423 Å². The van der Waals surface area contributed by atoms with Crippen LogP contribution in [0.15, 0.2) is 229 Å². The topological polar surface area (TPSA) is 19.6 Å². The van der Waals surface area contributed by atoms with Gasteiger partial charge in [-0.15, -0.1) is 0 Å². The van der Waals surface area contributed by atoms with Crippen molar-refractivity contribution in [3.63, 3.8) is 0 Å². The van der Waals surface area contributed by atoms with Gasteiger partial charge in [-0.05, 0) is 116 Å². The van der Waals surface area contributed by atoms with E-state index in [0.29, 0.717) is 0 Å². The van der Waals surface area contributed by atoms with Crippen LogP contribution in [0.4, 0.5) is 34.1 Å². The van der Waals surface area contributed by atoms with Gasteiger partial charge >= 0.3 is 0 Å². The second-order valence-electron chi connectivity index (χ2n) is 20.6. The lowest BCUT2D eigenvalue weighted by molar-refractivity contribution is 0.590.